The molecule has 0 spiro atoms. The quantitative estimate of drug-likeness (QED) is 0.783. The lowest BCUT2D eigenvalue weighted by molar-refractivity contribution is -0.117. The lowest BCUT2D eigenvalue weighted by atomic mass is 9.82. The van der Waals surface area contributed by atoms with Gasteiger partial charge in [0.25, 0.3) is 0 Å². The average molecular weight is 335 g/mol. The summed E-state index contributed by atoms with van der Waals surface area (Å²) in [4.78, 5) is 24.9. The molecule has 0 saturated heterocycles. The third kappa shape index (κ3) is 2.56. The van der Waals surface area contributed by atoms with Gasteiger partial charge in [0.05, 0.1) is 17.0 Å². The van der Waals surface area contributed by atoms with Crippen molar-refractivity contribution in [2.45, 2.75) is 25.2 Å². The number of carbonyl (C=O) groups is 1. The van der Waals surface area contributed by atoms with Gasteiger partial charge in [-0.05, 0) is 48.6 Å². The van der Waals surface area contributed by atoms with Gasteiger partial charge in [-0.3, -0.25) is 13.9 Å². The minimum atomic E-state index is -0.111. The normalized spacial score (nSPS) is 16.6. The maximum atomic E-state index is 12.8. The highest BCUT2D eigenvalue weighted by molar-refractivity contribution is 5.97. The van der Waals surface area contributed by atoms with E-state index < -0.39 is 0 Å². The van der Waals surface area contributed by atoms with Crippen LogP contribution in [0.3, 0.4) is 0 Å². The van der Waals surface area contributed by atoms with Crippen molar-refractivity contribution in [2.75, 3.05) is 5.32 Å². The Morgan fingerprint density at radius 3 is 2.68 bits per heavy atom. The number of anilines is 1. The van der Waals surface area contributed by atoms with Crippen molar-refractivity contribution < 1.29 is 4.79 Å². The molecule has 1 aliphatic rings. The molecule has 1 heterocycles. The van der Waals surface area contributed by atoms with Crippen molar-refractivity contribution in [1.29, 1.82) is 0 Å². The number of aromatic nitrogens is 2. The molecule has 0 aliphatic heterocycles. The molecule has 1 N–H and O–H groups in total. The van der Waals surface area contributed by atoms with Crippen LogP contribution in [0.1, 0.15) is 29.9 Å². The van der Waals surface area contributed by atoms with Crippen molar-refractivity contribution in [3.8, 4) is 0 Å². The Hall–Kier alpha value is -2.82. The van der Waals surface area contributed by atoms with Crippen molar-refractivity contribution in [2.24, 2.45) is 14.1 Å². The molecule has 1 aromatic heterocycles. The van der Waals surface area contributed by atoms with Crippen molar-refractivity contribution in [3.05, 3.63) is 64.1 Å². The SMILES string of the molecule is Cn1c(=O)n(C)c2cc(NC(=O)[C@H]3CCCc4ccccc43)ccc21. The zero-order valence-electron chi connectivity index (χ0n) is 14.5. The number of hydrogen-bond acceptors (Lipinski definition) is 2. The zero-order valence-corrected chi connectivity index (χ0v) is 14.5. The summed E-state index contributed by atoms with van der Waals surface area (Å²) in [7, 11) is 3.50. The molecule has 0 fully saturated rings. The van der Waals surface area contributed by atoms with Crippen molar-refractivity contribution >= 4 is 22.6 Å². The fraction of sp³-hybridized carbons (Fsp3) is 0.300. The number of rotatable bonds is 2. The molecule has 25 heavy (non-hydrogen) atoms. The third-order valence-electron chi connectivity index (χ3n) is 5.23. The molecular weight excluding hydrogens is 314 g/mol. The van der Waals surface area contributed by atoms with Gasteiger partial charge in [-0.25, -0.2) is 4.79 Å². The summed E-state index contributed by atoms with van der Waals surface area (Å²) in [6.45, 7) is 0. The number of hydrogen-bond donors (Lipinski definition) is 1. The molecule has 0 saturated carbocycles. The monoisotopic (exact) mass is 335 g/mol. The minimum absolute atomic E-state index is 0.0208. The maximum absolute atomic E-state index is 12.8. The van der Waals surface area contributed by atoms with Gasteiger partial charge in [0.1, 0.15) is 0 Å². The maximum Gasteiger partial charge on any atom is 0.328 e. The highest BCUT2D eigenvalue weighted by atomic mass is 16.2. The Balaban J connectivity index is 1.65. The first-order chi connectivity index (χ1) is 12.1. The van der Waals surface area contributed by atoms with E-state index in [-0.39, 0.29) is 17.5 Å². The highest BCUT2D eigenvalue weighted by Gasteiger charge is 2.26. The molecule has 1 atom stereocenters. The second-order valence-corrected chi connectivity index (χ2v) is 6.74. The smallest absolute Gasteiger partial charge is 0.325 e. The second-order valence-electron chi connectivity index (χ2n) is 6.74. The van der Waals surface area contributed by atoms with Gasteiger partial charge in [-0.2, -0.15) is 0 Å². The molecule has 4 rings (SSSR count). The molecular formula is C20H21N3O2. The van der Waals surface area contributed by atoms with Gasteiger partial charge >= 0.3 is 5.69 Å². The van der Waals surface area contributed by atoms with Crippen molar-refractivity contribution in [3.63, 3.8) is 0 Å². The van der Waals surface area contributed by atoms with Crippen LogP contribution < -0.4 is 11.0 Å². The molecule has 3 aromatic rings. The van der Waals surface area contributed by atoms with Crippen LogP contribution in [0, 0.1) is 0 Å². The highest BCUT2D eigenvalue weighted by Crippen LogP contribution is 2.32. The summed E-state index contributed by atoms with van der Waals surface area (Å²) in [5.74, 6) is -0.0901. The summed E-state index contributed by atoms with van der Waals surface area (Å²) >= 11 is 0. The zero-order chi connectivity index (χ0) is 17.6. The Morgan fingerprint density at radius 1 is 1.08 bits per heavy atom. The predicted molar refractivity (Wildman–Crippen MR) is 98.9 cm³/mol. The van der Waals surface area contributed by atoms with Crippen molar-refractivity contribution in [1.82, 2.24) is 9.13 Å². The number of nitrogens with one attached hydrogen (secondary N) is 1. The van der Waals surface area contributed by atoms with E-state index in [0.29, 0.717) is 0 Å². The van der Waals surface area contributed by atoms with Crippen LogP contribution in [0.25, 0.3) is 11.0 Å². The van der Waals surface area contributed by atoms with Gasteiger partial charge in [0.2, 0.25) is 5.91 Å². The lowest BCUT2D eigenvalue weighted by Crippen LogP contribution is -2.24. The number of nitrogens with zero attached hydrogens (tertiary/aromatic N) is 2. The van der Waals surface area contributed by atoms with E-state index >= 15 is 0 Å². The van der Waals surface area contributed by atoms with Gasteiger partial charge in [-0.15, -0.1) is 0 Å². The van der Waals surface area contributed by atoms with Gasteiger partial charge < -0.3 is 5.32 Å². The third-order valence-corrected chi connectivity index (χ3v) is 5.23. The van der Waals surface area contributed by atoms with Crippen LogP contribution in [0.5, 0.6) is 0 Å². The minimum Gasteiger partial charge on any atom is -0.325 e. The molecule has 1 aliphatic carbocycles. The number of imidazole rings is 1. The Bertz CT molecular complexity index is 1030. The van der Waals surface area contributed by atoms with Crippen LogP contribution in [0.4, 0.5) is 5.69 Å². The number of amides is 1. The summed E-state index contributed by atoms with van der Waals surface area (Å²) in [6, 6.07) is 13.8. The van der Waals surface area contributed by atoms with E-state index in [2.05, 4.69) is 17.4 Å². The first kappa shape index (κ1) is 15.7. The molecule has 0 radical (unpaired) electrons. The number of carbonyl (C=O) groups excluding carboxylic acids is 1. The van der Waals surface area contributed by atoms with E-state index in [4.69, 9.17) is 0 Å². The van der Waals surface area contributed by atoms with E-state index in [1.165, 1.54) is 5.56 Å². The predicted octanol–water partition coefficient (Wildman–Crippen LogP) is 2.94. The summed E-state index contributed by atoms with van der Waals surface area (Å²) < 4.78 is 3.21. The van der Waals surface area contributed by atoms with Gasteiger partial charge in [0, 0.05) is 19.8 Å². The molecule has 128 valence electrons. The van der Waals surface area contributed by atoms with Crippen LogP contribution >= 0.6 is 0 Å². The van der Waals surface area contributed by atoms with E-state index in [1.54, 1.807) is 23.2 Å². The van der Waals surface area contributed by atoms with E-state index in [0.717, 1.165) is 41.5 Å². The Morgan fingerprint density at radius 2 is 1.84 bits per heavy atom. The molecule has 5 heteroatoms. The molecule has 5 nitrogen and oxygen atoms in total. The van der Waals surface area contributed by atoms with E-state index in [9.17, 15) is 9.59 Å². The van der Waals surface area contributed by atoms with E-state index in [1.807, 2.05) is 30.3 Å². The summed E-state index contributed by atoms with van der Waals surface area (Å²) in [5.41, 5.74) is 4.73. The Kier molecular flexibility index (Phi) is 3.71. The first-order valence-electron chi connectivity index (χ1n) is 8.60. The van der Waals surface area contributed by atoms with Crippen LogP contribution in [-0.2, 0) is 25.3 Å². The lowest BCUT2D eigenvalue weighted by Gasteiger charge is -2.24. The average Bonchev–Trinajstić information content (AvgIpc) is 2.85. The number of benzene rings is 2. The van der Waals surface area contributed by atoms with Crippen LogP contribution in [0.2, 0.25) is 0 Å². The van der Waals surface area contributed by atoms with Crippen LogP contribution in [-0.4, -0.2) is 15.0 Å². The summed E-state index contributed by atoms with van der Waals surface area (Å²) in [5, 5.41) is 3.04. The number of fused-ring (bicyclic) bond motifs is 2. The first-order valence-corrected chi connectivity index (χ1v) is 8.60. The topological polar surface area (TPSA) is 56.0 Å². The fourth-order valence-corrected chi connectivity index (χ4v) is 3.84. The Labute approximate surface area is 145 Å². The standard InChI is InChI=1S/C20H21N3O2/c1-22-17-11-10-14(12-18(17)23(2)20(22)25)21-19(24)16-9-5-7-13-6-3-4-8-15(13)16/h3-4,6,8,10-12,16H,5,7,9H2,1-2H3,(H,21,24)/t16-/m0/s1. The second kappa shape index (κ2) is 5.92. The van der Waals surface area contributed by atoms with Crippen LogP contribution in [0.15, 0.2) is 47.3 Å². The molecule has 0 unspecified atom stereocenters. The molecule has 2 aromatic carbocycles. The fourth-order valence-electron chi connectivity index (χ4n) is 3.84. The largest absolute Gasteiger partial charge is 0.328 e. The van der Waals surface area contributed by atoms with Gasteiger partial charge in [0.15, 0.2) is 0 Å². The number of aryl methyl sites for hydroxylation is 3. The molecule has 1 amide bonds. The molecule has 0 bridgehead atoms. The summed E-state index contributed by atoms with van der Waals surface area (Å²) in [6.07, 6.45) is 2.94. The van der Waals surface area contributed by atoms with Gasteiger partial charge in [-0.1, -0.05) is 24.3 Å².